The van der Waals surface area contributed by atoms with Gasteiger partial charge in [-0.1, -0.05) is 19.1 Å². The summed E-state index contributed by atoms with van der Waals surface area (Å²) in [6, 6.07) is 0. The quantitative estimate of drug-likeness (QED) is 0.572. The lowest BCUT2D eigenvalue weighted by molar-refractivity contribution is -0.143. The van der Waals surface area contributed by atoms with E-state index in [1.807, 2.05) is 13.8 Å². The SMILES string of the molecule is C=C(C)[C@H]1C[C@H](O)[C@H](C)[C@H]1COC(C)=O. The zero-order valence-corrected chi connectivity index (χ0v) is 9.69. The molecular formula is C12H20O3. The average molecular weight is 212 g/mol. The first kappa shape index (κ1) is 12.2. The molecule has 3 nitrogen and oxygen atoms in total. The summed E-state index contributed by atoms with van der Waals surface area (Å²) in [7, 11) is 0. The second-order valence-corrected chi connectivity index (χ2v) is 4.58. The molecule has 15 heavy (non-hydrogen) atoms. The number of hydrogen-bond donors (Lipinski definition) is 1. The van der Waals surface area contributed by atoms with Crippen LogP contribution in [0.25, 0.3) is 0 Å². The van der Waals surface area contributed by atoms with Crippen molar-refractivity contribution in [3.05, 3.63) is 12.2 Å². The number of allylic oxidation sites excluding steroid dienone is 1. The number of aliphatic hydroxyl groups excluding tert-OH is 1. The van der Waals surface area contributed by atoms with Gasteiger partial charge in [-0.2, -0.15) is 0 Å². The zero-order valence-electron chi connectivity index (χ0n) is 9.69. The molecule has 1 aliphatic rings. The number of esters is 1. The van der Waals surface area contributed by atoms with Crippen molar-refractivity contribution >= 4 is 5.97 Å². The van der Waals surface area contributed by atoms with Crippen LogP contribution in [0.15, 0.2) is 12.2 Å². The lowest BCUT2D eigenvalue weighted by atomic mass is 9.87. The van der Waals surface area contributed by atoms with Crippen LogP contribution in [0.1, 0.15) is 27.2 Å². The fourth-order valence-corrected chi connectivity index (χ4v) is 2.35. The molecule has 0 saturated heterocycles. The van der Waals surface area contributed by atoms with Crippen molar-refractivity contribution in [2.75, 3.05) is 6.61 Å². The summed E-state index contributed by atoms with van der Waals surface area (Å²) >= 11 is 0. The van der Waals surface area contributed by atoms with Crippen molar-refractivity contribution in [3.8, 4) is 0 Å². The fraction of sp³-hybridized carbons (Fsp3) is 0.750. The molecule has 0 aliphatic heterocycles. The topological polar surface area (TPSA) is 46.5 Å². The molecule has 86 valence electrons. The Morgan fingerprint density at radius 2 is 2.13 bits per heavy atom. The van der Waals surface area contributed by atoms with Gasteiger partial charge in [0, 0.05) is 12.8 Å². The molecule has 3 heteroatoms. The van der Waals surface area contributed by atoms with E-state index in [1.54, 1.807) is 0 Å². The highest BCUT2D eigenvalue weighted by molar-refractivity contribution is 5.65. The normalized spacial score (nSPS) is 35.2. The van der Waals surface area contributed by atoms with Crippen molar-refractivity contribution in [2.45, 2.75) is 33.3 Å². The van der Waals surface area contributed by atoms with Gasteiger partial charge in [0.2, 0.25) is 0 Å². The molecule has 0 bridgehead atoms. The summed E-state index contributed by atoms with van der Waals surface area (Å²) in [6.07, 6.45) is 0.440. The van der Waals surface area contributed by atoms with Crippen LogP contribution in [-0.2, 0) is 9.53 Å². The van der Waals surface area contributed by atoms with Crippen LogP contribution in [0.3, 0.4) is 0 Å². The van der Waals surface area contributed by atoms with E-state index in [1.165, 1.54) is 6.92 Å². The molecule has 0 aromatic carbocycles. The second kappa shape index (κ2) is 4.79. The first-order valence-electron chi connectivity index (χ1n) is 5.40. The molecule has 1 fully saturated rings. The van der Waals surface area contributed by atoms with Crippen molar-refractivity contribution in [1.29, 1.82) is 0 Å². The third-order valence-corrected chi connectivity index (χ3v) is 3.41. The van der Waals surface area contributed by atoms with Crippen molar-refractivity contribution in [1.82, 2.24) is 0 Å². The number of aliphatic hydroxyl groups is 1. The van der Waals surface area contributed by atoms with Gasteiger partial charge in [-0.15, -0.1) is 0 Å². The molecule has 1 N–H and O–H groups in total. The minimum atomic E-state index is -0.299. The molecule has 0 heterocycles. The highest BCUT2D eigenvalue weighted by atomic mass is 16.5. The predicted molar refractivity (Wildman–Crippen MR) is 58.2 cm³/mol. The lowest BCUT2D eigenvalue weighted by Gasteiger charge is -2.22. The minimum Gasteiger partial charge on any atom is -0.466 e. The first-order valence-corrected chi connectivity index (χ1v) is 5.40. The molecule has 0 unspecified atom stereocenters. The van der Waals surface area contributed by atoms with Gasteiger partial charge in [0.15, 0.2) is 0 Å². The van der Waals surface area contributed by atoms with Crippen LogP contribution in [0.5, 0.6) is 0 Å². The van der Waals surface area contributed by atoms with Crippen LogP contribution in [0.4, 0.5) is 0 Å². The molecular weight excluding hydrogens is 192 g/mol. The fourth-order valence-electron chi connectivity index (χ4n) is 2.35. The van der Waals surface area contributed by atoms with Gasteiger partial charge in [0.1, 0.15) is 0 Å². The van der Waals surface area contributed by atoms with E-state index in [2.05, 4.69) is 6.58 Å². The van der Waals surface area contributed by atoms with E-state index in [-0.39, 0.29) is 29.8 Å². The second-order valence-electron chi connectivity index (χ2n) is 4.58. The predicted octanol–water partition coefficient (Wildman–Crippen LogP) is 1.76. The highest BCUT2D eigenvalue weighted by Crippen LogP contribution is 2.40. The van der Waals surface area contributed by atoms with Crippen LogP contribution in [-0.4, -0.2) is 23.8 Å². The zero-order chi connectivity index (χ0) is 11.6. The number of ether oxygens (including phenoxy) is 1. The van der Waals surface area contributed by atoms with E-state index in [4.69, 9.17) is 4.74 Å². The van der Waals surface area contributed by atoms with Gasteiger partial charge in [0.25, 0.3) is 0 Å². The molecule has 4 atom stereocenters. The Labute approximate surface area is 91.1 Å². The number of hydrogen-bond acceptors (Lipinski definition) is 3. The van der Waals surface area contributed by atoms with Crippen LogP contribution >= 0.6 is 0 Å². The Kier molecular flexibility index (Phi) is 3.91. The Morgan fingerprint density at radius 3 is 2.60 bits per heavy atom. The molecule has 1 saturated carbocycles. The van der Waals surface area contributed by atoms with Crippen molar-refractivity contribution < 1.29 is 14.6 Å². The lowest BCUT2D eigenvalue weighted by Crippen LogP contribution is -2.23. The van der Waals surface area contributed by atoms with Crippen molar-refractivity contribution in [3.63, 3.8) is 0 Å². The Hall–Kier alpha value is -0.830. The standard InChI is InChI=1S/C12H20O3/c1-7(2)10-5-12(14)8(3)11(10)6-15-9(4)13/h8,10-12,14H,1,5-6H2,2-4H3/t8-,10-,11-,12+/m1/s1. The number of rotatable bonds is 3. The average Bonchev–Trinajstić information content (AvgIpc) is 2.41. The molecule has 0 aromatic rings. The molecule has 1 rings (SSSR count). The first-order chi connectivity index (χ1) is 6.93. The maximum atomic E-state index is 10.8. The molecule has 0 aromatic heterocycles. The maximum Gasteiger partial charge on any atom is 0.302 e. The summed E-state index contributed by atoms with van der Waals surface area (Å²) in [5, 5.41) is 9.77. The third kappa shape index (κ3) is 2.81. The molecule has 0 amide bonds. The molecule has 0 radical (unpaired) electrons. The monoisotopic (exact) mass is 212 g/mol. The van der Waals surface area contributed by atoms with Gasteiger partial charge in [-0.05, 0) is 25.2 Å². The molecule has 0 spiro atoms. The summed E-state index contributed by atoms with van der Waals surface area (Å²) in [5.74, 6) is 0.394. The number of carbonyl (C=O) groups excluding carboxylic acids is 1. The van der Waals surface area contributed by atoms with E-state index in [9.17, 15) is 9.90 Å². The van der Waals surface area contributed by atoms with E-state index in [0.29, 0.717) is 6.61 Å². The summed E-state index contributed by atoms with van der Waals surface area (Å²) in [6.45, 7) is 9.70. The minimum absolute atomic E-state index is 0.172. The van der Waals surface area contributed by atoms with Crippen molar-refractivity contribution in [2.24, 2.45) is 17.8 Å². The highest BCUT2D eigenvalue weighted by Gasteiger charge is 2.40. The smallest absolute Gasteiger partial charge is 0.302 e. The van der Waals surface area contributed by atoms with Gasteiger partial charge in [-0.3, -0.25) is 4.79 Å². The Morgan fingerprint density at radius 1 is 1.53 bits per heavy atom. The van der Waals surface area contributed by atoms with Crippen LogP contribution in [0, 0.1) is 17.8 Å². The van der Waals surface area contributed by atoms with E-state index >= 15 is 0 Å². The van der Waals surface area contributed by atoms with Gasteiger partial charge < -0.3 is 9.84 Å². The van der Waals surface area contributed by atoms with Gasteiger partial charge >= 0.3 is 5.97 Å². The maximum absolute atomic E-state index is 10.8. The van der Waals surface area contributed by atoms with Gasteiger partial charge in [0.05, 0.1) is 12.7 Å². The van der Waals surface area contributed by atoms with Crippen LogP contribution in [0.2, 0.25) is 0 Å². The summed E-state index contributed by atoms with van der Waals surface area (Å²) in [4.78, 5) is 10.8. The number of carbonyl (C=O) groups is 1. The Bertz CT molecular complexity index is 260. The summed E-state index contributed by atoms with van der Waals surface area (Å²) in [5.41, 5.74) is 1.07. The summed E-state index contributed by atoms with van der Waals surface area (Å²) < 4.78 is 5.03. The molecule has 1 aliphatic carbocycles. The van der Waals surface area contributed by atoms with E-state index in [0.717, 1.165) is 12.0 Å². The van der Waals surface area contributed by atoms with Crippen LogP contribution < -0.4 is 0 Å². The van der Waals surface area contributed by atoms with E-state index < -0.39 is 0 Å². The Balaban J connectivity index is 2.64. The largest absolute Gasteiger partial charge is 0.466 e. The third-order valence-electron chi connectivity index (χ3n) is 3.41. The van der Waals surface area contributed by atoms with Gasteiger partial charge in [-0.25, -0.2) is 0 Å².